The van der Waals surface area contributed by atoms with Gasteiger partial charge in [0, 0.05) is 33.7 Å². The van der Waals surface area contributed by atoms with Gasteiger partial charge in [-0.2, -0.15) is 0 Å². The van der Waals surface area contributed by atoms with E-state index in [-0.39, 0.29) is 17.9 Å². The van der Waals surface area contributed by atoms with E-state index >= 15 is 0 Å². The fourth-order valence-electron chi connectivity index (χ4n) is 4.32. The summed E-state index contributed by atoms with van der Waals surface area (Å²) in [6.45, 7) is 4.41. The molecule has 0 spiro atoms. The molecular weight excluding hydrogens is 416 g/mol. The van der Waals surface area contributed by atoms with E-state index in [0.717, 1.165) is 31.2 Å². The number of benzene rings is 2. The predicted octanol–water partition coefficient (Wildman–Crippen LogP) is 4.19. The molecule has 0 saturated carbocycles. The lowest BCUT2D eigenvalue weighted by Crippen LogP contribution is -2.44. The first kappa shape index (κ1) is 24.8. The van der Waals surface area contributed by atoms with Crippen molar-refractivity contribution in [3.05, 3.63) is 65.7 Å². The standard InChI is InChI=1S/C27H36N2O4/c1-22(30)29-17-11-4-3-10-16-28(18-19-32-2)27(31)25-14-8-9-15-26(25)33-21-24(29)20-23-12-6-5-7-13-23/h5-9,12-15,24H,3-4,10-11,16-21H2,1-2H3/t24-/m0/s1. The highest BCUT2D eigenvalue weighted by molar-refractivity contribution is 5.97. The molecule has 6 nitrogen and oxygen atoms in total. The summed E-state index contributed by atoms with van der Waals surface area (Å²) in [4.78, 5) is 29.8. The number of fused-ring (bicyclic) bond motifs is 1. The van der Waals surface area contributed by atoms with Crippen LogP contribution in [0.3, 0.4) is 0 Å². The van der Waals surface area contributed by atoms with Crippen LogP contribution in [0.15, 0.2) is 54.6 Å². The van der Waals surface area contributed by atoms with Gasteiger partial charge in [-0.05, 0) is 37.0 Å². The molecule has 0 aliphatic carbocycles. The van der Waals surface area contributed by atoms with Gasteiger partial charge in [-0.3, -0.25) is 9.59 Å². The van der Waals surface area contributed by atoms with Gasteiger partial charge in [0.05, 0.1) is 18.2 Å². The molecule has 1 heterocycles. The van der Waals surface area contributed by atoms with Crippen LogP contribution in [0.1, 0.15) is 48.5 Å². The second-order valence-corrected chi connectivity index (χ2v) is 8.56. The van der Waals surface area contributed by atoms with Crippen LogP contribution in [0.25, 0.3) is 0 Å². The highest BCUT2D eigenvalue weighted by Gasteiger charge is 2.25. The molecule has 0 bridgehead atoms. The molecular formula is C27H36N2O4. The van der Waals surface area contributed by atoms with Crippen LogP contribution in [-0.2, 0) is 16.0 Å². The number of hydrogen-bond acceptors (Lipinski definition) is 4. The Labute approximate surface area is 197 Å². The molecule has 178 valence electrons. The third-order valence-corrected chi connectivity index (χ3v) is 6.14. The third-order valence-electron chi connectivity index (χ3n) is 6.14. The van der Waals surface area contributed by atoms with Crippen molar-refractivity contribution in [3.63, 3.8) is 0 Å². The molecule has 3 rings (SSSR count). The Balaban J connectivity index is 1.88. The summed E-state index contributed by atoms with van der Waals surface area (Å²) in [6, 6.07) is 17.5. The SMILES string of the molecule is COCCN1CCCCCCN(C(C)=O)[C@@H](Cc2ccccc2)COc2ccccc2C1=O. The van der Waals surface area contributed by atoms with Gasteiger partial charge in [0.1, 0.15) is 12.4 Å². The van der Waals surface area contributed by atoms with Crippen molar-refractivity contribution < 1.29 is 19.1 Å². The second kappa shape index (κ2) is 13.0. The summed E-state index contributed by atoms with van der Waals surface area (Å²) in [5.41, 5.74) is 1.71. The number of amides is 2. The van der Waals surface area contributed by atoms with Crippen LogP contribution in [0.2, 0.25) is 0 Å². The van der Waals surface area contributed by atoms with Gasteiger partial charge in [0.2, 0.25) is 5.91 Å². The summed E-state index contributed by atoms with van der Waals surface area (Å²) < 4.78 is 11.5. The predicted molar refractivity (Wildman–Crippen MR) is 130 cm³/mol. The average Bonchev–Trinajstić information content (AvgIpc) is 2.83. The number of carbonyl (C=O) groups is 2. The maximum absolute atomic E-state index is 13.4. The maximum Gasteiger partial charge on any atom is 0.257 e. The number of nitrogens with zero attached hydrogens (tertiary/aromatic N) is 2. The van der Waals surface area contributed by atoms with Gasteiger partial charge in [-0.15, -0.1) is 0 Å². The molecule has 2 aromatic rings. The quantitative estimate of drug-likeness (QED) is 0.683. The Hall–Kier alpha value is -2.86. The van der Waals surface area contributed by atoms with E-state index in [1.54, 1.807) is 14.0 Å². The van der Waals surface area contributed by atoms with Crippen LogP contribution in [-0.4, -0.2) is 67.6 Å². The molecule has 33 heavy (non-hydrogen) atoms. The van der Waals surface area contributed by atoms with Crippen molar-refractivity contribution in [1.82, 2.24) is 9.80 Å². The van der Waals surface area contributed by atoms with Crippen LogP contribution in [0.5, 0.6) is 5.75 Å². The second-order valence-electron chi connectivity index (χ2n) is 8.56. The van der Waals surface area contributed by atoms with E-state index in [4.69, 9.17) is 9.47 Å². The monoisotopic (exact) mass is 452 g/mol. The van der Waals surface area contributed by atoms with E-state index < -0.39 is 0 Å². The number of ether oxygens (including phenoxy) is 2. The van der Waals surface area contributed by atoms with E-state index in [1.807, 2.05) is 52.3 Å². The molecule has 2 amide bonds. The molecule has 0 N–H and O–H groups in total. The minimum Gasteiger partial charge on any atom is -0.491 e. The largest absolute Gasteiger partial charge is 0.491 e. The lowest BCUT2D eigenvalue weighted by molar-refractivity contribution is -0.131. The first-order chi connectivity index (χ1) is 16.1. The Morgan fingerprint density at radius 1 is 1.00 bits per heavy atom. The number of methoxy groups -OCH3 is 1. The molecule has 1 aliphatic rings. The number of carbonyl (C=O) groups excluding carboxylic acids is 2. The zero-order valence-electron chi connectivity index (χ0n) is 19.9. The third kappa shape index (κ3) is 7.32. The van der Waals surface area contributed by atoms with Gasteiger partial charge in [-0.25, -0.2) is 0 Å². The minimum absolute atomic E-state index is 0.0391. The molecule has 0 aromatic heterocycles. The molecule has 1 atom stereocenters. The van der Waals surface area contributed by atoms with E-state index in [0.29, 0.717) is 50.6 Å². The van der Waals surface area contributed by atoms with Crippen molar-refractivity contribution >= 4 is 11.8 Å². The molecule has 0 radical (unpaired) electrons. The molecule has 0 saturated heterocycles. The van der Waals surface area contributed by atoms with E-state index in [2.05, 4.69) is 12.1 Å². The first-order valence-corrected chi connectivity index (χ1v) is 11.9. The Morgan fingerprint density at radius 2 is 1.70 bits per heavy atom. The maximum atomic E-state index is 13.4. The Bertz CT molecular complexity index is 887. The molecule has 6 heteroatoms. The Morgan fingerprint density at radius 3 is 2.42 bits per heavy atom. The van der Waals surface area contributed by atoms with E-state index in [9.17, 15) is 9.59 Å². The van der Waals surface area contributed by atoms with Gasteiger partial charge in [0.15, 0.2) is 0 Å². The lowest BCUT2D eigenvalue weighted by atomic mass is 10.0. The summed E-state index contributed by atoms with van der Waals surface area (Å²) in [5.74, 6) is 0.577. The summed E-state index contributed by atoms with van der Waals surface area (Å²) >= 11 is 0. The summed E-state index contributed by atoms with van der Waals surface area (Å²) in [5, 5.41) is 0. The Kier molecular flexibility index (Phi) is 9.76. The number of para-hydroxylation sites is 1. The highest BCUT2D eigenvalue weighted by atomic mass is 16.5. The van der Waals surface area contributed by atoms with Crippen molar-refractivity contribution in [1.29, 1.82) is 0 Å². The summed E-state index contributed by atoms with van der Waals surface area (Å²) in [7, 11) is 1.65. The first-order valence-electron chi connectivity index (χ1n) is 11.9. The normalized spacial score (nSPS) is 18.2. The number of rotatable bonds is 5. The minimum atomic E-state index is -0.111. The summed E-state index contributed by atoms with van der Waals surface area (Å²) in [6.07, 6.45) is 4.60. The van der Waals surface area contributed by atoms with Crippen molar-refractivity contribution in [2.75, 3.05) is 40.0 Å². The van der Waals surface area contributed by atoms with Gasteiger partial charge in [-0.1, -0.05) is 55.3 Å². The van der Waals surface area contributed by atoms with Gasteiger partial charge < -0.3 is 19.3 Å². The fourth-order valence-corrected chi connectivity index (χ4v) is 4.32. The van der Waals surface area contributed by atoms with Crippen molar-refractivity contribution in [2.45, 2.75) is 45.1 Å². The van der Waals surface area contributed by atoms with Crippen LogP contribution in [0.4, 0.5) is 0 Å². The molecule has 1 aliphatic heterocycles. The molecule has 0 unspecified atom stereocenters. The van der Waals surface area contributed by atoms with Crippen LogP contribution >= 0.6 is 0 Å². The van der Waals surface area contributed by atoms with Crippen molar-refractivity contribution in [3.8, 4) is 5.75 Å². The fraction of sp³-hybridized carbons (Fsp3) is 0.481. The van der Waals surface area contributed by atoms with Crippen LogP contribution < -0.4 is 4.74 Å². The highest BCUT2D eigenvalue weighted by Crippen LogP contribution is 2.23. The van der Waals surface area contributed by atoms with Gasteiger partial charge >= 0.3 is 0 Å². The molecule has 2 aromatic carbocycles. The average molecular weight is 453 g/mol. The van der Waals surface area contributed by atoms with Crippen LogP contribution in [0, 0.1) is 0 Å². The number of hydrogen-bond donors (Lipinski definition) is 0. The zero-order valence-corrected chi connectivity index (χ0v) is 19.9. The van der Waals surface area contributed by atoms with Crippen molar-refractivity contribution in [2.24, 2.45) is 0 Å². The van der Waals surface area contributed by atoms with Gasteiger partial charge in [0.25, 0.3) is 5.91 Å². The topological polar surface area (TPSA) is 59.1 Å². The molecule has 0 fully saturated rings. The smallest absolute Gasteiger partial charge is 0.257 e. The lowest BCUT2D eigenvalue weighted by Gasteiger charge is -2.32. The van der Waals surface area contributed by atoms with E-state index in [1.165, 1.54) is 0 Å². The zero-order chi connectivity index (χ0) is 23.5.